The summed E-state index contributed by atoms with van der Waals surface area (Å²) in [6.07, 6.45) is -4.51. The number of rotatable bonds is 6. The number of methoxy groups -OCH3 is 1. The second-order valence-corrected chi connectivity index (χ2v) is 9.30. The zero-order valence-corrected chi connectivity index (χ0v) is 20.4. The van der Waals surface area contributed by atoms with Crippen molar-refractivity contribution in [3.63, 3.8) is 0 Å². The molecule has 184 valence electrons. The Balaban J connectivity index is 1.82. The Morgan fingerprint density at radius 2 is 1.77 bits per heavy atom. The first-order valence-electron chi connectivity index (χ1n) is 11.3. The molecule has 0 spiro atoms. The van der Waals surface area contributed by atoms with Gasteiger partial charge in [0.25, 0.3) is 0 Å². The average molecular weight is 503 g/mol. The van der Waals surface area contributed by atoms with Crippen LogP contribution in [0.5, 0.6) is 5.75 Å². The molecule has 0 aromatic heterocycles. The average Bonchev–Trinajstić information content (AvgIpc) is 3.18. The number of nitrogens with zero attached hydrogens (tertiary/aromatic N) is 1. The molecule has 1 fully saturated rings. The monoisotopic (exact) mass is 502 g/mol. The topological polar surface area (TPSA) is 41.6 Å². The largest absolute Gasteiger partial charge is 0.496 e. The van der Waals surface area contributed by atoms with Crippen LogP contribution in [-0.4, -0.2) is 24.6 Å². The lowest BCUT2D eigenvalue weighted by Gasteiger charge is -2.26. The van der Waals surface area contributed by atoms with E-state index in [0.29, 0.717) is 34.0 Å². The summed E-state index contributed by atoms with van der Waals surface area (Å²) in [4.78, 5) is 14.3. The maximum absolute atomic E-state index is 13.7. The van der Waals surface area contributed by atoms with E-state index in [9.17, 15) is 18.0 Å². The van der Waals surface area contributed by atoms with Crippen LogP contribution in [0.1, 0.15) is 48.1 Å². The highest BCUT2D eigenvalue weighted by molar-refractivity contribution is 6.30. The number of hydrogen-bond donors (Lipinski definition) is 1. The lowest BCUT2D eigenvalue weighted by atomic mass is 9.92. The summed E-state index contributed by atoms with van der Waals surface area (Å²) in [6, 6.07) is 15.8. The molecule has 1 saturated heterocycles. The molecule has 1 aliphatic rings. The third-order valence-electron chi connectivity index (χ3n) is 6.29. The van der Waals surface area contributed by atoms with E-state index in [1.807, 2.05) is 44.2 Å². The van der Waals surface area contributed by atoms with Gasteiger partial charge >= 0.3 is 12.2 Å². The molecular weight excluding hydrogens is 477 g/mol. The number of urea groups is 1. The van der Waals surface area contributed by atoms with Gasteiger partial charge in [-0.15, -0.1) is 0 Å². The fourth-order valence-electron chi connectivity index (χ4n) is 4.34. The van der Waals surface area contributed by atoms with E-state index in [-0.39, 0.29) is 24.5 Å². The standard InChI is InChI=1S/C27H26ClF3N2O2/c1-16(2)18-6-11-25(35-3)23(13-18)22-10-7-20(27(29,30)31)12-19(22)15-33-24(14-32-26(33)34)17-4-8-21(28)9-5-17/h4-13,16,24H,14-15H2,1-3H3,(H,32,34). The molecule has 2 amide bonds. The van der Waals surface area contributed by atoms with E-state index in [1.165, 1.54) is 13.2 Å². The van der Waals surface area contributed by atoms with Crippen LogP contribution in [0.4, 0.5) is 18.0 Å². The number of ether oxygens (including phenoxy) is 1. The quantitative estimate of drug-likeness (QED) is 0.381. The molecular formula is C27H26ClF3N2O2. The number of amides is 2. The lowest BCUT2D eigenvalue weighted by molar-refractivity contribution is -0.137. The minimum absolute atomic E-state index is 0.00651. The van der Waals surface area contributed by atoms with Gasteiger partial charge in [0.05, 0.1) is 18.7 Å². The Hall–Kier alpha value is -3.19. The third kappa shape index (κ3) is 5.25. The molecule has 35 heavy (non-hydrogen) atoms. The number of halogens is 4. The highest BCUT2D eigenvalue weighted by Crippen LogP contribution is 2.39. The van der Waals surface area contributed by atoms with Crippen LogP contribution in [-0.2, 0) is 12.7 Å². The predicted molar refractivity (Wildman–Crippen MR) is 131 cm³/mol. The van der Waals surface area contributed by atoms with Gasteiger partial charge in [-0.2, -0.15) is 13.2 Å². The van der Waals surface area contributed by atoms with Crippen molar-refractivity contribution in [2.45, 2.75) is 38.5 Å². The minimum Gasteiger partial charge on any atom is -0.496 e. The van der Waals surface area contributed by atoms with E-state index < -0.39 is 11.7 Å². The van der Waals surface area contributed by atoms with Crippen molar-refractivity contribution in [2.75, 3.05) is 13.7 Å². The van der Waals surface area contributed by atoms with Crippen LogP contribution in [0.25, 0.3) is 11.1 Å². The first-order chi connectivity index (χ1) is 16.6. The van der Waals surface area contributed by atoms with E-state index in [4.69, 9.17) is 16.3 Å². The number of carbonyl (C=O) groups excluding carboxylic acids is 1. The minimum atomic E-state index is -4.51. The molecule has 0 aliphatic carbocycles. The first-order valence-corrected chi connectivity index (χ1v) is 11.6. The fraction of sp³-hybridized carbons (Fsp3) is 0.296. The Morgan fingerprint density at radius 1 is 1.06 bits per heavy atom. The molecule has 0 radical (unpaired) electrons. The molecule has 3 aromatic carbocycles. The van der Waals surface area contributed by atoms with Crippen molar-refractivity contribution in [1.29, 1.82) is 0 Å². The number of hydrogen-bond acceptors (Lipinski definition) is 2. The molecule has 1 aliphatic heterocycles. The van der Waals surface area contributed by atoms with E-state index in [1.54, 1.807) is 17.0 Å². The van der Waals surface area contributed by atoms with Gasteiger partial charge in [0, 0.05) is 23.7 Å². The first kappa shape index (κ1) is 24.9. The highest BCUT2D eigenvalue weighted by Gasteiger charge is 2.35. The number of alkyl halides is 3. The second kappa shape index (κ2) is 9.82. The van der Waals surface area contributed by atoms with Gasteiger partial charge in [-0.05, 0) is 64.6 Å². The smallest absolute Gasteiger partial charge is 0.416 e. The Bertz CT molecular complexity index is 1230. The molecule has 1 N–H and O–H groups in total. The molecule has 4 rings (SSSR count). The van der Waals surface area contributed by atoms with Crippen molar-refractivity contribution >= 4 is 17.6 Å². The van der Waals surface area contributed by atoms with Crippen molar-refractivity contribution < 1.29 is 22.7 Å². The fourth-order valence-corrected chi connectivity index (χ4v) is 4.47. The van der Waals surface area contributed by atoms with Gasteiger partial charge in [-0.3, -0.25) is 0 Å². The van der Waals surface area contributed by atoms with Crippen LogP contribution in [0.2, 0.25) is 5.02 Å². The van der Waals surface area contributed by atoms with Crippen molar-refractivity contribution in [2.24, 2.45) is 0 Å². The van der Waals surface area contributed by atoms with Crippen molar-refractivity contribution in [3.05, 3.63) is 87.9 Å². The normalized spacial score (nSPS) is 16.1. The lowest BCUT2D eigenvalue weighted by Crippen LogP contribution is -2.29. The van der Waals surface area contributed by atoms with Gasteiger partial charge in [0.15, 0.2) is 0 Å². The summed E-state index contributed by atoms with van der Waals surface area (Å²) in [6.45, 7) is 4.43. The summed E-state index contributed by atoms with van der Waals surface area (Å²) in [7, 11) is 1.53. The summed E-state index contributed by atoms with van der Waals surface area (Å²) in [5.74, 6) is 0.770. The molecule has 1 heterocycles. The summed E-state index contributed by atoms with van der Waals surface area (Å²) < 4.78 is 46.5. The molecule has 3 aromatic rings. The van der Waals surface area contributed by atoms with Crippen molar-refractivity contribution in [3.8, 4) is 16.9 Å². The number of nitrogens with one attached hydrogen (secondary N) is 1. The third-order valence-corrected chi connectivity index (χ3v) is 6.54. The Morgan fingerprint density at radius 3 is 2.40 bits per heavy atom. The van der Waals surface area contributed by atoms with E-state index in [2.05, 4.69) is 5.32 Å². The Kier molecular flexibility index (Phi) is 6.99. The maximum atomic E-state index is 13.7. The van der Waals surface area contributed by atoms with Gasteiger partial charge in [0.2, 0.25) is 0 Å². The molecule has 0 bridgehead atoms. The van der Waals surface area contributed by atoms with Crippen LogP contribution in [0.3, 0.4) is 0 Å². The summed E-state index contributed by atoms with van der Waals surface area (Å²) >= 11 is 6.01. The molecule has 4 nitrogen and oxygen atoms in total. The van der Waals surface area contributed by atoms with Crippen LogP contribution < -0.4 is 10.1 Å². The van der Waals surface area contributed by atoms with Gasteiger partial charge in [-0.25, -0.2) is 4.79 Å². The van der Waals surface area contributed by atoms with E-state index >= 15 is 0 Å². The van der Waals surface area contributed by atoms with Gasteiger partial charge in [-0.1, -0.05) is 49.7 Å². The van der Waals surface area contributed by atoms with Crippen LogP contribution in [0.15, 0.2) is 60.7 Å². The number of benzene rings is 3. The SMILES string of the molecule is COc1ccc(C(C)C)cc1-c1ccc(C(F)(F)F)cc1CN1C(=O)NCC1c1ccc(Cl)cc1. The number of carbonyl (C=O) groups is 1. The summed E-state index contributed by atoms with van der Waals surface area (Å²) in [5.41, 5.74) is 2.77. The zero-order chi connectivity index (χ0) is 25.3. The van der Waals surface area contributed by atoms with E-state index in [0.717, 1.165) is 23.3 Å². The molecule has 1 unspecified atom stereocenters. The van der Waals surface area contributed by atoms with Crippen LogP contribution in [0, 0.1) is 0 Å². The van der Waals surface area contributed by atoms with Gasteiger partial charge in [0.1, 0.15) is 5.75 Å². The molecule has 8 heteroatoms. The van der Waals surface area contributed by atoms with Crippen LogP contribution >= 0.6 is 11.6 Å². The second-order valence-electron chi connectivity index (χ2n) is 8.87. The van der Waals surface area contributed by atoms with Gasteiger partial charge < -0.3 is 15.0 Å². The van der Waals surface area contributed by atoms with Crippen molar-refractivity contribution in [1.82, 2.24) is 10.2 Å². The zero-order valence-electron chi connectivity index (χ0n) is 19.6. The highest BCUT2D eigenvalue weighted by atomic mass is 35.5. The summed E-state index contributed by atoms with van der Waals surface area (Å²) in [5, 5.41) is 3.38. The maximum Gasteiger partial charge on any atom is 0.416 e. The Labute approximate surface area is 207 Å². The molecule has 0 saturated carbocycles. The predicted octanol–water partition coefficient (Wildman–Crippen LogP) is 7.42. The molecule has 1 atom stereocenters.